The minimum atomic E-state index is -1.58. The molecule has 0 bridgehead atoms. The summed E-state index contributed by atoms with van der Waals surface area (Å²) in [4.78, 5) is 57.5. The molecule has 0 saturated carbocycles. The summed E-state index contributed by atoms with van der Waals surface area (Å²) >= 11 is 0. The highest BCUT2D eigenvalue weighted by Gasteiger charge is 2.12. The third kappa shape index (κ3) is 28.0. The van der Waals surface area contributed by atoms with E-state index in [0.717, 1.165) is 0 Å². The molecule has 196 valence electrons. The van der Waals surface area contributed by atoms with Crippen molar-refractivity contribution in [1.29, 1.82) is 0 Å². The van der Waals surface area contributed by atoms with Gasteiger partial charge in [-0.3, -0.25) is 29.2 Å². The first kappa shape index (κ1) is 34.6. The molecule has 0 aliphatic heterocycles. The van der Waals surface area contributed by atoms with Gasteiger partial charge in [0.1, 0.15) is 12.1 Å². The van der Waals surface area contributed by atoms with Gasteiger partial charge in [-0.05, 0) is 25.7 Å². The van der Waals surface area contributed by atoms with Crippen molar-refractivity contribution in [3.63, 3.8) is 0 Å². The average molecular weight is 495 g/mol. The summed E-state index contributed by atoms with van der Waals surface area (Å²) < 4.78 is 0. The van der Waals surface area contributed by atoms with E-state index in [1.54, 1.807) is 0 Å². The molecule has 0 aromatic heterocycles. The summed E-state index contributed by atoms with van der Waals surface area (Å²) in [5.41, 5.74) is 30.6. The standard InChI is InChI=1S/2C6H14N4O2.C5H6O5/c2*7-4(5(11)12)2-1-3-10-6(8)9;6-3(5(9)10)1-2-4(7)8/h2*4H,1-3,7H2,(H,11,12)(H4,8,9,10);1-2H2,(H,7,8)(H,9,10). The Morgan fingerprint density at radius 2 is 1.00 bits per heavy atom. The zero-order valence-corrected chi connectivity index (χ0v) is 18.5. The first-order chi connectivity index (χ1) is 15.6. The number of aliphatic imine (C=N–C) groups is 2. The Labute approximate surface area is 194 Å². The van der Waals surface area contributed by atoms with Crippen LogP contribution in [0.1, 0.15) is 38.5 Å². The first-order valence-electron chi connectivity index (χ1n) is 9.67. The molecule has 0 aliphatic rings. The molecule has 34 heavy (non-hydrogen) atoms. The van der Waals surface area contributed by atoms with Gasteiger partial charge in [0.15, 0.2) is 11.9 Å². The van der Waals surface area contributed by atoms with Crippen LogP contribution in [0.4, 0.5) is 0 Å². The lowest BCUT2D eigenvalue weighted by atomic mass is 10.2. The summed E-state index contributed by atoms with van der Waals surface area (Å²) in [5, 5.41) is 32.7. The number of nitrogens with two attached hydrogens (primary N) is 6. The Bertz CT molecular complexity index is 680. The number of hydrogen-bond donors (Lipinski definition) is 10. The second kappa shape index (κ2) is 20.9. The van der Waals surface area contributed by atoms with Crippen molar-refractivity contribution in [3.05, 3.63) is 0 Å². The lowest BCUT2D eigenvalue weighted by Gasteiger charge is -2.03. The van der Waals surface area contributed by atoms with Crippen LogP contribution in [0, 0.1) is 0 Å². The fraction of sp³-hybridized carbons (Fsp3) is 0.588. The van der Waals surface area contributed by atoms with Crippen LogP contribution in [0.3, 0.4) is 0 Å². The third-order valence-corrected chi connectivity index (χ3v) is 3.37. The number of carbonyl (C=O) groups excluding carboxylic acids is 1. The summed E-state index contributed by atoms with van der Waals surface area (Å²) in [6, 6.07) is -1.64. The van der Waals surface area contributed by atoms with Crippen molar-refractivity contribution in [2.75, 3.05) is 13.1 Å². The van der Waals surface area contributed by atoms with Gasteiger partial charge in [0.25, 0.3) is 0 Å². The first-order valence-corrected chi connectivity index (χ1v) is 9.67. The molecule has 17 heteroatoms. The van der Waals surface area contributed by atoms with Crippen molar-refractivity contribution in [3.8, 4) is 0 Å². The number of carboxylic acids is 4. The quantitative estimate of drug-likeness (QED) is 0.0482. The van der Waals surface area contributed by atoms with E-state index in [0.29, 0.717) is 38.8 Å². The molecule has 0 heterocycles. The average Bonchev–Trinajstić information content (AvgIpc) is 2.72. The molecule has 0 aromatic rings. The molecule has 0 aliphatic carbocycles. The third-order valence-electron chi connectivity index (χ3n) is 3.37. The maximum absolute atomic E-state index is 10.2. The number of rotatable bonds is 14. The van der Waals surface area contributed by atoms with E-state index in [2.05, 4.69) is 9.98 Å². The largest absolute Gasteiger partial charge is 0.481 e. The predicted octanol–water partition coefficient (Wildman–Crippen LogP) is -3.59. The van der Waals surface area contributed by atoms with Crippen LogP contribution < -0.4 is 34.4 Å². The molecule has 0 amide bonds. The Morgan fingerprint density at radius 1 is 0.647 bits per heavy atom. The van der Waals surface area contributed by atoms with E-state index < -0.39 is 54.6 Å². The van der Waals surface area contributed by atoms with Crippen molar-refractivity contribution in [1.82, 2.24) is 0 Å². The zero-order chi connectivity index (χ0) is 27.3. The fourth-order valence-electron chi connectivity index (χ4n) is 1.61. The fourth-order valence-corrected chi connectivity index (χ4v) is 1.61. The number of Topliss-reactive ketones (excluding diaryl/α,β-unsaturated/α-hetero) is 1. The van der Waals surface area contributed by atoms with E-state index in [-0.39, 0.29) is 11.9 Å². The Hall–Kier alpha value is -3.99. The molecule has 0 spiro atoms. The van der Waals surface area contributed by atoms with E-state index in [4.69, 9.17) is 54.8 Å². The van der Waals surface area contributed by atoms with Gasteiger partial charge in [0.05, 0.1) is 6.42 Å². The van der Waals surface area contributed by atoms with Crippen LogP contribution >= 0.6 is 0 Å². The minimum Gasteiger partial charge on any atom is -0.481 e. The smallest absolute Gasteiger partial charge is 0.372 e. The van der Waals surface area contributed by atoms with Gasteiger partial charge in [-0.1, -0.05) is 0 Å². The zero-order valence-electron chi connectivity index (χ0n) is 18.5. The molecular weight excluding hydrogens is 460 g/mol. The van der Waals surface area contributed by atoms with Gasteiger partial charge >= 0.3 is 23.9 Å². The van der Waals surface area contributed by atoms with Crippen LogP contribution in [0.15, 0.2) is 9.98 Å². The minimum absolute atomic E-state index is 0.0129. The van der Waals surface area contributed by atoms with Crippen LogP contribution in [0.2, 0.25) is 0 Å². The summed E-state index contributed by atoms with van der Waals surface area (Å²) in [6.45, 7) is 0.840. The van der Waals surface area contributed by atoms with Crippen molar-refractivity contribution < 1.29 is 44.4 Å². The molecule has 17 nitrogen and oxygen atoms in total. The molecule has 2 unspecified atom stereocenters. The number of carboxylic acid groups (broad SMARTS) is 4. The van der Waals surface area contributed by atoms with Crippen LogP contribution in [0.5, 0.6) is 0 Å². The van der Waals surface area contributed by atoms with Gasteiger partial charge < -0.3 is 54.8 Å². The number of guanidine groups is 2. The second-order valence-electron chi connectivity index (χ2n) is 6.41. The molecule has 0 fully saturated rings. The number of ketones is 1. The van der Waals surface area contributed by atoms with E-state index >= 15 is 0 Å². The summed E-state index contributed by atoms with van der Waals surface area (Å²) in [5.74, 6) is -5.80. The van der Waals surface area contributed by atoms with Gasteiger partial charge in [-0.25, -0.2) is 4.79 Å². The number of hydrogen-bond acceptors (Lipinski definition) is 9. The second-order valence-corrected chi connectivity index (χ2v) is 6.41. The normalized spacial score (nSPS) is 11.1. The molecule has 2 atom stereocenters. The lowest BCUT2D eigenvalue weighted by molar-refractivity contribution is -0.149. The van der Waals surface area contributed by atoms with Crippen LogP contribution in [-0.4, -0.2) is 87.2 Å². The number of nitrogens with zero attached hydrogens (tertiary/aromatic N) is 2. The lowest BCUT2D eigenvalue weighted by Crippen LogP contribution is -2.30. The number of carbonyl (C=O) groups is 5. The molecule has 0 radical (unpaired) electrons. The Morgan fingerprint density at radius 3 is 1.24 bits per heavy atom. The van der Waals surface area contributed by atoms with Gasteiger partial charge in [0, 0.05) is 19.5 Å². The van der Waals surface area contributed by atoms with Crippen LogP contribution in [-0.2, 0) is 24.0 Å². The molecule has 16 N–H and O–H groups in total. The molecule has 0 saturated heterocycles. The summed E-state index contributed by atoms with van der Waals surface area (Å²) in [7, 11) is 0. The van der Waals surface area contributed by atoms with Gasteiger partial charge in [-0.15, -0.1) is 0 Å². The van der Waals surface area contributed by atoms with E-state index in [9.17, 15) is 24.0 Å². The van der Waals surface area contributed by atoms with Gasteiger partial charge in [0.2, 0.25) is 5.78 Å². The molecular formula is C17H34N8O9. The highest BCUT2D eigenvalue weighted by molar-refractivity contribution is 6.32. The number of aliphatic carboxylic acids is 4. The van der Waals surface area contributed by atoms with E-state index in [1.807, 2.05) is 0 Å². The maximum Gasteiger partial charge on any atom is 0.372 e. The monoisotopic (exact) mass is 494 g/mol. The van der Waals surface area contributed by atoms with Crippen molar-refractivity contribution >= 4 is 41.6 Å². The highest BCUT2D eigenvalue weighted by Crippen LogP contribution is 1.95. The molecule has 0 rings (SSSR count). The SMILES string of the molecule is NC(N)=NCCCC(N)C(=O)O.NC(N)=NCCCC(N)C(=O)O.O=C(O)CCC(=O)C(=O)O. The van der Waals surface area contributed by atoms with Crippen molar-refractivity contribution in [2.45, 2.75) is 50.6 Å². The van der Waals surface area contributed by atoms with E-state index in [1.165, 1.54) is 0 Å². The van der Waals surface area contributed by atoms with Crippen molar-refractivity contribution in [2.24, 2.45) is 44.4 Å². The Kier molecular flexibility index (Phi) is 21.3. The topological polar surface area (TPSA) is 347 Å². The Balaban J connectivity index is -0.000000426. The predicted molar refractivity (Wildman–Crippen MR) is 121 cm³/mol. The van der Waals surface area contributed by atoms with Crippen LogP contribution in [0.25, 0.3) is 0 Å². The highest BCUT2D eigenvalue weighted by atomic mass is 16.4. The summed E-state index contributed by atoms with van der Waals surface area (Å²) in [6.07, 6.45) is 1.05. The van der Waals surface area contributed by atoms with Gasteiger partial charge in [-0.2, -0.15) is 0 Å². The maximum atomic E-state index is 10.2. The molecule has 0 aromatic carbocycles.